The van der Waals surface area contributed by atoms with Gasteiger partial charge in [-0.05, 0) is 19.1 Å². The Hall–Kier alpha value is -2.32. The normalized spacial score (nSPS) is 18.5. The van der Waals surface area contributed by atoms with Crippen molar-refractivity contribution in [2.75, 3.05) is 31.7 Å². The van der Waals surface area contributed by atoms with Gasteiger partial charge in [0.1, 0.15) is 23.2 Å². The van der Waals surface area contributed by atoms with E-state index in [2.05, 4.69) is 11.0 Å². The third kappa shape index (κ3) is 2.50. The molecule has 1 saturated heterocycles. The fourth-order valence-corrected chi connectivity index (χ4v) is 2.66. The highest BCUT2D eigenvalue weighted by Crippen LogP contribution is 2.29. The van der Waals surface area contributed by atoms with Crippen molar-refractivity contribution in [3.05, 3.63) is 29.8 Å². The van der Waals surface area contributed by atoms with Gasteiger partial charge in [0.15, 0.2) is 0 Å². The standard InChI is InChI=1S/C16H17N3O2/c1-11-10-19(6-7-21-11)16-13(9-17)8-12-4-3-5-14(20-2)15(12)18-16/h3-5,8,11H,6-7,10H2,1-2H3. The summed E-state index contributed by atoms with van der Waals surface area (Å²) in [5.41, 5.74) is 1.37. The van der Waals surface area contributed by atoms with Gasteiger partial charge < -0.3 is 14.4 Å². The molecule has 0 spiro atoms. The maximum absolute atomic E-state index is 9.42. The SMILES string of the molecule is COc1cccc2cc(C#N)c(N3CCOC(C)C3)nc12. The molecule has 0 radical (unpaired) electrons. The summed E-state index contributed by atoms with van der Waals surface area (Å²) in [5.74, 6) is 1.43. The van der Waals surface area contributed by atoms with Gasteiger partial charge in [-0.1, -0.05) is 12.1 Å². The van der Waals surface area contributed by atoms with E-state index < -0.39 is 0 Å². The van der Waals surface area contributed by atoms with E-state index in [0.717, 1.165) is 29.7 Å². The number of ether oxygens (including phenoxy) is 2. The molecule has 1 aromatic heterocycles. The molecule has 5 nitrogen and oxygen atoms in total. The number of hydrogen-bond donors (Lipinski definition) is 0. The fraction of sp³-hybridized carbons (Fsp3) is 0.375. The highest BCUT2D eigenvalue weighted by atomic mass is 16.5. The quantitative estimate of drug-likeness (QED) is 0.846. The molecule has 1 unspecified atom stereocenters. The van der Waals surface area contributed by atoms with Crippen LogP contribution in [0.3, 0.4) is 0 Å². The first kappa shape index (κ1) is 13.7. The van der Waals surface area contributed by atoms with Gasteiger partial charge in [0.25, 0.3) is 0 Å². The average molecular weight is 283 g/mol. The van der Waals surface area contributed by atoms with Crippen LogP contribution in [0.5, 0.6) is 5.75 Å². The van der Waals surface area contributed by atoms with Crippen molar-refractivity contribution >= 4 is 16.7 Å². The van der Waals surface area contributed by atoms with Gasteiger partial charge in [-0.2, -0.15) is 5.26 Å². The number of aromatic nitrogens is 1. The second-order valence-electron chi connectivity index (χ2n) is 5.13. The summed E-state index contributed by atoms with van der Waals surface area (Å²) in [6.45, 7) is 4.16. The summed E-state index contributed by atoms with van der Waals surface area (Å²) in [4.78, 5) is 6.81. The first-order chi connectivity index (χ1) is 10.2. The molecule has 0 aliphatic carbocycles. The second kappa shape index (κ2) is 5.58. The summed E-state index contributed by atoms with van der Waals surface area (Å²) in [6, 6.07) is 9.85. The van der Waals surface area contributed by atoms with Gasteiger partial charge in [-0.25, -0.2) is 4.98 Å². The van der Waals surface area contributed by atoms with E-state index in [0.29, 0.717) is 18.0 Å². The van der Waals surface area contributed by atoms with Crippen molar-refractivity contribution in [1.29, 1.82) is 5.26 Å². The number of methoxy groups -OCH3 is 1. The van der Waals surface area contributed by atoms with Crippen LogP contribution in [-0.4, -0.2) is 37.9 Å². The van der Waals surface area contributed by atoms with Crippen LogP contribution in [0.25, 0.3) is 10.9 Å². The van der Waals surface area contributed by atoms with Crippen molar-refractivity contribution in [2.45, 2.75) is 13.0 Å². The third-order valence-electron chi connectivity index (χ3n) is 3.67. The smallest absolute Gasteiger partial charge is 0.147 e. The Morgan fingerprint density at radius 3 is 3.05 bits per heavy atom. The molecule has 3 rings (SSSR count). The highest BCUT2D eigenvalue weighted by Gasteiger charge is 2.21. The Morgan fingerprint density at radius 2 is 2.33 bits per heavy atom. The van der Waals surface area contributed by atoms with Crippen LogP contribution in [0.2, 0.25) is 0 Å². The van der Waals surface area contributed by atoms with E-state index in [-0.39, 0.29) is 6.10 Å². The Labute approximate surface area is 123 Å². The van der Waals surface area contributed by atoms with Crippen LogP contribution >= 0.6 is 0 Å². The largest absolute Gasteiger partial charge is 0.494 e. The predicted molar refractivity (Wildman–Crippen MR) is 80.6 cm³/mol. The molecule has 0 saturated carbocycles. The maximum atomic E-state index is 9.42. The lowest BCUT2D eigenvalue weighted by Crippen LogP contribution is -2.41. The minimum atomic E-state index is 0.139. The van der Waals surface area contributed by atoms with Crippen LogP contribution in [-0.2, 0) is 4.74 Å². The van der Waals surface area contributed by atoms with Gasteiger partial charge in [0.2, 0.25) is 0 Å². The first-order valence-corrected chi connectivity index (χ1v) is 6.97. The number of benzene rings is 1. The van der Waals surface area contributed by atoms with Crippen LogP contribution in [0.4, 0.5) is 5.82 Å². The summed E-state index contributed by atoms with van der Waals surface area (Å²) in [6.07, 6.45) is 0.139. The zero-order chi connectivity index (χ0) is 14.8. The van der Waals surface area contributed by atoms with E-state index >= 15 is 0 Å². The Balaban J connectivity index is 2.14. The zero-order valence-electron chi connectivity index (χ0n) is 12.2. The molecule has 1 atom stereocenters. The molecule has 2 heterocycles. The molecule has 5 heteroatoms. The summed E-state index contributed by atoms with van der Waals surface area (Å²) >= 11 is 0. The molecule has 0 N–H and O–H groups in total. The minimum Gasteiger partial charge on any atom is -0.494 e. The molecule has 21 heavy (non-hydrogen) atoms. The number of para-hydroxylation sites is 1. The fourth-order valence-electron chi connectivity index (χ4n) is 2.66. The van der Waals surface area contributed by atoms with Crippen molar-refractivity contribution in [1.82, 2.24) is 4.98 Å². The van der Waals surface area contributed by atoms with E-state index in [1.807, 2.05) is 31.2 Å². The molecule has 0 amide bonds. The molecule has 108 valence electrons. The number of nitriles is 1. The van der Waals surface area contributed by atoms with E-state index in [9.17, 15) is 5.26 Å². The molecular formula is C16H17N3O2. The lowest BCUT2D eigenvalue weighted by atomic mass is 10.1. The van der Waals surface area contributed by atoms with E-state index in [1.54, 1.807) is 7.11 Å². The third-order valence-corrected chi connectivity index (χ3v) is 3.67. The van der Waals surface area contributed by atoms with Crippen LogP contribution in [0.15, 0.2) is 24.3 Å². The van der Waals surface area contributed by atoms with Gasteiger partial charge in [0.05, 0.1) is 25.4 Å². The Kier molecular flexibility index (Phi) is 3.63. The van der Waals surface area contributed by atoms with Crippen molar-refractivity contribution in [2.24, 2.45) is 0 Å². The molecule has 1 aromatic carbocycles. The molecule has 2 aromatic rings. The lowest BCUT2D eigenvalue weighted by Gasteiger charge is -2.32. The lowest BCUT2D eigenvalue weighted by molar-refractivity contribution is 0.0529. The monoisotopic (exact) mass is 283 g/mol. The average Bonchev–Trinajstić information content (AvgIpc) is 2.52. The summed E-state index contributed by atoms with van der Waals surface area (Å²) in [7, 11) is 1.63. The number of pyridine rings is 1. The molecule has 1 aliphatic rings. The first-order valence-electron chi connectivity index (χ1n) is 6.97. The van der Waals surface area contributed by atoms with Crippen molar-refractivity contribution < 1.29 is 9.47 Å². The molecule has 1 fully saturated rings. The number of rotatable bonds is 2. The van der Waals surface area contributed by atoms with Crippen molar-refractivity contribution in [3.8, 4) is 11.8 Å². The summed E-state index contributed by atoms with van der Waals surface area (Å²) in [5, 5.41) is 10.3. The number of morpholine rings is 1. The molecule has 1 aliphatic heterocycles. The highest BCUT2D eigenvalue weighted by molar-refractivity contribution is 5.88. The van der Waals surface area contributed by atoms with Gasteiger partial charge in [-0.3, -0.25) is 0 Å². The number of fused-ring (bicyclic) bond motifs is 1. The Bertz CT molecular complexity index is 708. The number of nitrogens with zero attached hydrogens (tertiary/aromatic N) is 3. The topological polar surface area (TPSA) is 58.4 Å². The van der Waals surface area contributed by atoms with E-state index in [1.165, 1.54) is 0 Å². The Morgan fingerprint density at radius 1 is 1.48 bits per heavy atom. The van der Waals surface area contributed by atoms with Crippen LogP contribution in [0, 0.1) is 11.3 Å². The van der Waals surface area contributed by atoms with Crippen LogP contribution in [0.1, 0.15) is 12.5 Å². The van der Waals surface area contributed by atoms with Crippen molar-refractivity contribution in [3.63, 3.8) is 0 Å². The zero-order valence-corrected chi connectivity index (χ0v) is 12.2. The van der Waals surface area contributed by atoms with Gasteiger partial charge in [-0.15, -0.1) is 0 Å². The number of anilines is 1. The second-order valence-corrected chi connectivity index (χ2v) is 5.13. The van der Waals surface area contributed by atoms with E-state index in [4.69, 9.17) is 14.5 Å². The minimum absolute atomic E-state index is 0.139. The van der Waals surface area contributed by atoms with Gasteiger partial charge >= 0.3 is 0 Å². The maximum Gasteiger partial charge on any atom is 0.147 e. The van der Waals surface area contributed by atoms with Crippen LogP contribution < -0.4 is 9.64 Å². The summed E-state index contributed by atoms with van der Waals surface area (Å²) < 4.78 is 10.9. The molecule has 0 bridgehead atoms. The molecular weight excluding hydrogens is 266 g/mol. The number of hydrogen-bond acceptors (Lipinski definition) is 5. The van der Waals surface area contributed by atoms with Gasteiger partial charge in [0, 0.05) is 18.5 Å². The predicted octanol–water partition coefficient (Wildman–Crippen LogP) is 2.34.